The van der Waals surface area contributed by atoms with Crippen LogP contribution in [0.2, 0.25) is 25.1 Å². The van der Waals surface area contributed by atoms with Crippen molar-refractivity contribution in [3.63, 3.8) is 0 Å². The minimum absolute atomic E-state index is 0.00379. The molecule has 1 atom stereocenters. The van der Waals surface area contributed by atoms with Crippen molar-refractivity contribution in [3.8, 4) is 5.75 Å². The molecule has 0 fully saturated rings. The molecule has 1 unspecified atom stereocenters. The van der Waals surface area contributed by atoms with E-state index in [-0.39, 0.29) is 42.9 Å². The summed E-state index contributed by atoms with van der Waals surface area (Å²) in [5.41, 5.74) is -0.00379. The standard InChI is InChI=1S/C12H9Cl5O3/c1-4(12(18)19)3-5(2)20-11-9(16)7(14)6(13)8(15)10(11)17/h5H,1,3H2,2H3,(H,18,19). The van der Waals surface area contributed by atoms with E-state index < -0.39 is 12.1 Å². The monoisotopic (exact) mass is 376 g/mol. The molecule has 0 radical (unpaired) electrons. The number of benzene rings is 1. The molecule has 0 bridgehead atoms. The number of halogens is 5. The fourth-order valence-corrected chi connectivity index (χ4v) is 2.58. The smallest absolute Gasteiger partial charge is 0.331 e. The SMILES string of the molecule is C=C(CC(C)Oc1c(Cl)c(Cl)c(Cl)c(Cl)c1Cl)C(=O)O. The highest BCUT2D eigenvalue weighted by Gasteiger charge is 2.22. The van der Waals surface area contributed by atoms with Gasteiger partial charge in [0.2, 0.25) is 0 Å². The molecule has 3 nitrogen and oxygen atoms in total. The zero-order valence-electron chi connectivity index (χ0n) is 10.1. The number of hydrogen-bond donors (Lipinski definition) is 1. The summed E-state index contributed by atoms with van der Waals surface area (Å²) in [5, 5.41) is 8.85. The maximum atomic E-state index is 10.7. The summed E-state index contributed by atoms with van der Waals surface area (Å²) in [6.45, 7) is 5.05. The first-order valence-electron chi connectivity index (χ1n) is 5.26. The minimum Gasteiger partial charge on any atom is -0.487 e. The van der Waals surface area contributed by atoms with E-state index in [9.17, 15) is 4.79 Å². The molecule has 1 aromatic rings. The van der Waals surface area contributed by atoms with Crippen molar-refractivity contribution in [3.05, 3.63) is 37.3 Å². The number of aliphatic carboxylic acids is 1. The zero-order valence-corrected chi connectivity index (χ0v) is 13.9. The van der Waals surface area contributed by atoms with Crippen molar-refractivity contribution in [1.82, 2.24) is 0 Å². The van der Waals surface area contributed by atoms with Gasteiger partial charge in [0.05, 0.1) is 15.1 Å². The van der Waals surface area contributed by atoms with Gasteiger partial charge in [0.15, 0.2) is 5.75 Å². The lowest BCUT2D eigenvalue weighted by Gasteiger charge is -2.18. The van der Waals surface area contributed by atoms with Gasteiger partial charge in [-0.15, -0.1) is 0 Å². The predicted octanol–water partition coefficient (Wildman–Crippen LogP) is 5.75. The fraction of sp³-hybridized carbons (Fsp3) is 0.250. The first kappa shape index (κ1) is 17.7. The third-order valence-corrected chi connectivity index (χ3v) is 4.57. The van der Waals surface area contributed by atoms with Gasteiger partial charge >= 0.3 is 5.97 Å². The molecule has 20 heavy (non-hydrogen) atoms. The van der Waals surface area contributed by atoms with Crippen LogP contribution in [0.4, 0.5) is 0 Å². The van der Waals surface area contributed by atoms with Gasteiger partial charge in [-0.1, -0.05) is 64.6 Å². The zero-order chi connectivity index (χ0) is 15.6. The molecule has 0 amide bonds. The van der Waals surface area contributed by atoms with Crippen LogP contribution in [0, 0.1) is 0 Å². The van der Waals surface area contributed by atoms with E-state index in [4.69, 9.17) is 67.8 Å². The van der Waals surface area contributed by atoms with Gasteiger partial charge in [-0.3, -0.25) is 0 Å². The van der Waals surface area contributed by atoms with Gasteiger partial charge in [0, 0.05) is 12.0 Å². The second kappa shape index (κ2) is 7.10. The summed E-state index contributed by atoms with van der Waals surface area (Å²) < 4.78 is 5.50. The number of ether oxygens (including phenoxy) is 1. The molecule has 0 aliphatic rings. The highest BCUT2D eigenvalue weighted by Crippen LogP contribution is 2.48. The Kier molecular flexibility index (Phi) is 6.29. The lowest BCUT2D eigenvalue weighted by atomic mass is 10.1. The number of rotatable bonds is 5. The van der Waals surface area contributed by atoms with E-state index >= 15 is 0 Å². The minimum atomic E-state index is -1.11. The van der Waals surface area contributed by atoms with Crippen molar-refractivity contribution in [2.45, 2.75) is 19.4 Å². The summed E-state index contributed by atoms with van der Waals surface area (Å²) in [6.07, 6.45) is -0.457. The van der Waals surface area contributed by atoms with Crippen molar-refractivity contribution < 1.29 is 14.6 Å². The number of carboxylic acids is 1. The molecule has 110 valence electrons. The van der Waals surface area contributed by atoms with Gasteiger partial charge in [-0.2, -0.15) is 0 Å². The van der Waals surface area contributed by atoms with Gasteiger partial charge in [-0.25, -0.2) is 4.79 Å². The molecule has 0 saturated heterocycles. The lowest BCUT2D eigenvalue weighted by Crippen LogP contribution is -2.16. The maximum absolute atomic E-state index is 10.7. The lowest BCUT2D eigenvalue weighted by molar-refractivity contribution is -0.133. The van der Waals surface area contributed by atoms with Crippen molar-refractivity contribution >= 4 is 64.0 Å². The Morgan fingerprint density at radius 1 is 1.10 bits per heavy atom. The molecule has 1 N–H and O–H groups in total. The Morgan fingerprint density at radius 2 is 1.50 bits per heavy atom. The molecule has 0 heterocycles. The summed E-state index contributed by atoms with van der Waals surface area (Å²) in [4.78, 5) is 10.7. The molecular weight excluding hydrogens is 369 g/mol. The van der Waals surface area contributed by atoms with Crippen LogP contribution in [0.5, 0.6) is 5.75 Å². The first-order chi connectivity index (χ1) is 9.16. The molecule has 1 rings (SSSR count). The Balaban J connectivity index is 3.04. The predicted molar refractivity (Wildman–Crippen MR) is 83.0 cm³/mol. The molecule has 1 aromatic carbocycles. The van der Waals surface area contributed by atoms with Gasteiger partial charge in [0.1, 0.15) is 16.1 Å². The van der Waals surface area contributed by atoms with Gasteiger partial charge in [0.25, 0.3) is 0 Å². The van der Waals surface area contributed by atoms with Crippen LogP contribution in [-0.4, -0.2) is 17.2 Å². The molecule has 0 aliphatic carbocycles. The van der Waals surface area contributed by atoms with Crippen LogP contribution in [0.15, 0.2) is 12.2 Å². The van der Waals surface area contributed by atoms with Gasteiger partial charge in [-0.05, 0) is 6.92 Å². The van der Waals surface area contributed by atoms with Crippen molar-refractivity contribution in [1.29, 1.82) is 0 Å². The van der Waals surface area contributed by atoms with Crippen LogP contribution in [-0.2, 0) is 4.79 Å². The summed E-state index contributed by atoms with van der Waals surface area (Å²) in [7, 11) is 0. The highest BCUT2D eigenvalue weighted by atomic mass is 35.5. The molecule has 0 aliphatic heterocycles. The second-order valence-corrected chi connectivity index (χ2v) is 5.83. The molecule has 8 heteroatoms. The Bertz CT molecular complexity index is 542. The third kappa shape index (κ3) is 3.86. The van der Waals surface area contributed by atoms with E-state index in [0.29, 0.717) is 0 Å². The molecule has 0 spiro atoms. The average molecular weight is 378 g/mol. The van der Waals surface area contributed by atoms with E-state index in [1.807, 2.05) is 0 Å². The Labute approximate surface area is 141 Å². The van der Waals surface area contributed by atoms with E-state index in [1.165, 1.54) is 0 Å². The molecule has 0 aromatic heterocycles. The first-order valence-corrected chi connectivity index (χ1v) is 7.14. The van der Waals surface area contributed by atoms with E-state index in [0.717, 1.165) is 0 Å². The van der Waals surface area contributed by atoms with E-state index in [1.54, 1.807) is 6.92 Å². The summed E-state index contributed by atoms with van der Waals surface area (Å²) in [5.74, 6) is -1.05. The fourth-order valence-electron chi connectivity index (χ4n) is 1.37. The van der Waals surface area contributed by atoms with Crippen LogP contribution >= 0.6 is 58.0 Å². The highest BCUT2D eigenvalue weighted by molar-refractivity contribution is 6.55. The number of hydrogen-bond acceptors (Lipinski definition) is 2. The van der Waals surface area contributed by atoms with Crippen molar-refractivity contribution in [2.75, 3.05) is 0 Å². The Morgan fingerprint density at radius 3 is 1.90 bits per heavy atom. The molecule has 0 saturated carbocycles. The second-order valence-electron chi connectivity index (χ2n) is 3.94. The number of carbonyl (C=O) groups is 1. The van der Waals surface area contributed by atoms with Crippen LogP contribution in [0.25, 0.3) is 0 Å². The van der Waals surface area contributed by atoms with Crippen LogP contribution < -0.4 is 4.74 Å². The van der Waals surface area contributed by atoms with Crippen LogP contribution in [0.3, 0.4) is 0 Å². The Hall–Kier alpha value is -0.320. The number of carboxylic acid groups (broad SMARTS) is 1. The summed E-state index contributed by atoms with van der Waals surface area (Å²) >= 11 is 29.6. The third-order valence-electron chi connectivity index (χ3n) is 2.32. The van der Waals surface area contributed by atoms with Gasteiger partial charge < -0.3 is 9.84 Å². The van der Waals surface area contributed by atoms with E-state index in [2.05, 4.69) is 6.58 Å². The largest absolute Gasteiger partial charge is 0.487 e. The summed E-state index contributed by atoms with van der Waals surface area (Å²) in [6, 6.07) is 0. The topological polar surface area (TPSA) is 46.5 Å². The average Bonchev–Trinajstić information content (AvgIpc) is 2.39. The van der Waals surface area contributed by atoms with Crippen molar-refractivity contribution in [2.24, 2.45) is 0 Å². The van der Waals surface area contributed by atoms with Crippen LogP contribution in [0.1, 0.15) is 13.3 Å². The normalized spacial score (nSPS) is 12.1. The maximum Gasteiger partial charge on any atom is 0.331 e. The molecular formula is C12H9Cl5O3. The quantitative estimate of drug-likeness (QED) is 0.403.